The Balaban J connectivity index is 2.22. The fraction of sp³-hybridized carbons (Fsp3) is 0.231. The number of aryl methyl sites for hydroxylation is 1. The van der Waals surface area contributed by atoms with E-state index in [1.54, 1.807) is 11.3 Å². The van der Waals surface area contributed by atoms with Gasteiger partial charge >= 0.3 is 0 Å². The first-order valence-electron chi connectivity index (χ1n) is 5.06. The molecule has 78 valence electrons. The van der Waals surface area contributed by atoms with E-state index in [0.29, 0.717) is 0 Å². The van der Waals surface area contributed by atoms with E-state index in [0.717, 1.165) is 6.42 Å². The Kier molecular flexibility index (Phi) is 3.45. The molecule has 0 aliphatic carbocycles. The van der Waals surface area contributed by atoms with Crippen LogP contribution in [0, 0.1) is 0 Å². The zero-order valence-corrected chi connectivity index (χ0v) is 10.2. The molecule has 0 radical (unpaired) electrons. The highest BCUT2D eigenvalue weighted by Crippen LogP contribution is 2.30. The van der Waals surface area contributed by atoms with E-state index in [1.807, 2.05) is 0 Å². The number of alkyl halides is 1. The van der Waals surface area contributed by atoms with E-state index in [-0.39, 0.29) is 5.38 Å². The molecule has 15 heavy (non-hydrogen) atoms. The molecule has 0 bridgehead atoms. The second kappa shape index (κ2) is 4.82. The lowest BCUT2D eigenvalue weighted by Crippen LogP contribution is -1.91. The molecule has 2 aromatic rings. The fourth-order valence-corrected chi connectivity index (χ4v) is 2.58. The first-order chi connectivity index (χ1) is 7.31. The maximum atomic E-state index is 6.38. The van der Waals surface area contributed by atoms with Crippen molar-refractivity contribution in [3.05, 3.63) is 57.8 Å². The quantitative estimate of drug-likeness (QED) is 0.682. The van der Waals surface area contributed by atoms with Crippen LogP contribution in [0.3, 0.4) is 0 Å². The maximum Gasteiger partial charge on any atom is 0.0843 e. The summed E-state index contributed by atoms with van der Waals surface area (Å²) in [6.45, 7) is 2.16. The van der Waals surface area contributed by atoms with Crippen molar-refractivity contribution in [1.29, 1.82) is 0 Å². The van der Waals surface area contributed by atoms with Crippen molar-refractivity contribution in [3.63, 3.8) is 0 Å². The lowest BCUT2D eigenvalue weighted by molar-refractivity contribution is 1.11. The molecular weight excluding hydrogens is 224 g/mol. The second-order valence-electron chi connectivity index (χ2n) is 3.51. The third-order valence-electron chi connectivity index (χ3n) is 2.52. The molecule has 1 heterocycles. The lowest BCUT2D eigenvalue weighted by Gasteiger charge is -2.08. The number of rotatable bonds is 3. The molecule has 1 aromatic heterocycles. The van der Waals surface area contributed by atoms with E-state index in [9.17, 15) is 0 Å². The van der Waals surface area contributed by atoms with E-state index in [2.05, 4.69) is 48.0 Å². The van der Waals surface area contributed by atoms with Gasteiger partial charge in [0.2, 0.25) is 0 Å². The molecule has 0 aliphatic heterocycles. The SMILES string of the molecule is CCc1ccc(C(Cl)c2ccsc2)cc1. The summed E-state index contributed by atoms with van der Waals surface area (Å²) >= 11 is 8.06. The minimum atomic E-state index is -0.0119. The lowest BCUT2D eigenvalue weighted by atomic mass is 10.0. The molecule has 1 atom stereocenters. The summed E-state index contributed by atoms with van der Waals surface area (Å²) in [5.41, 5.74) is 3.71. The summed E-state index contributed by atoms with van der Waals surface area (Å²) in [7, 11) is 0. The summed E-state index contributed by atoms with van der Waals surface area (Å²) in [6, 6.07) is 10.6. The van der Waals surface area contributed by atoms with Crippen molar-refractivity contribution < 1.29 is 0 Å². The normalized spacial score (nSPS) is 12.7. The van der Waals surface area contributed by atoms with Gasteiger partial charge in [-0.15, -0.1) is 11.6 Å². The van der Waals surface area contributed by atoms with Gasteiger partial charge in [0.1, 0.15) is 0 Å². The number of halogens is 1. The van der Waals surface area contributed by atoms with E-state index in [4.69, 9.17) is 11.6 Å². The van der Waals surface area contributed by atoms with E-state index in [1.165, 1.54) is 16.7 Å². The highest BCUT2D eigenvalue weighted by Gasteiger charge is 2.10. The molecule has 1 aromatic carbocycles. The van der Waals surface area contributed by atoms with Gasteiger partial charge in [0.15, 0.2) is 0 Å². The van der Waals surface area contributed by atoms with Crippen molar-refractivity contribution in [2.75, 3.05) is 0 Å². The van der Waals surface area contributed by atoms with Crippen LogP contribution in [0.15, 0.2) is 41.1 Å². The van der Waals surface area contributed by atoms with Crippen molar-refractivity contribution in [1.82, 2.24) is 0 Å². The van der Waals surface area contributed by atoms with Gasteiger partial charge in [-0.05, 0) is 39.9 Å². The Morgan fingerprint density at radius 3 is 2.40 bits per heavy atom. The fourth-order valence-electron chi connectivity index (χ4n) is 1.53. The molecule has 0 N–H and O–H groups in total. The highest BCUT2D eigenvalue weighted by atomic mass is 35.5. The molecule has 0 saturated heterocycles. The average Bonchev–Trinajstić information content (AvgIpc) is 2.82. The second-order valence-corrected chi connectivity index (χ2v) is 4.73. The Morgan fingerprint density at radius 1 is 1.13 bits per heavy atom. The molecule has 0 nitrogen and oxygen atoms in total. The largest absolute Gasteiger partial charge is 0.152 e. The van der Waals surface area contributed by atoms with Gasteiger partial charge in [-0.3, -0.25) is 0 Å². The Morgan fingerprint density at radius 2 is 1.87 bits per heavy atom. The highest BCUT2D eigenvalue weighted by molar-refractivity contribution is 7.08. The summed E-state index contributed by atoms with van der Waals surface area (Å²) in [6.07, 6.45) is 1.08. The van der Waals surface area contributed by atoms with Gasteiger partial charge in [0, 0.05) is 0 Å². The Hall–Kier alpha value is -0.790. The molecule has 0 aliphatic rings. The molecule has 0 saturated carbocycles. The minimum Gasteiger partial charge on any atom is -0.152 e. The molecule has 2 rings (SSSR count). The smallest absolute Gasteiger partial charge is 0.0843 e. The summed E-state index contributed by atoms with van der Waals surface area (Å²) in [5, 5.41) is 4.15. The molecule has 0 fully saturated rings. The van der Waals surface area contributed by atoms with Crippen LogP contribution in [0.2, 0.25) is 0 Å². The van der Waals surface area contributed by atoms with Crippen LogP contribution in [0.5, 0.6) is 0 Å². The van der Waals surface area contributed by atoms with Crippen molar-refractivity contribution in [3.8, 4) is 0 Å². The Bertz CT molecular complexity index is 403. The number of benzene rings is 1. The van der Waals surface area contributed by atoms with E-state index >= 15 is 0 Å². The first kappa shape index (κ1) is 10.7. The van der Waals surface area contributed by atoms with E-state index < -0.39 is 0 Å². The number of hydrogen-bond acceptors (Lipinski definition) is 1. The topological polar surface area (TPSA) is 0 Å². The van der Waals surface area contributed by atoms with Crippen LogP contribution in [-0.4, -0.2) is 0 Å². The summed E-state index contributed by atoms with van der Waals surface area (Å²) in [4.78, 5) is 0. The summed E-state index contributed by atoms with van der Waals surface area (Å²) in [5.74, 6) is 0. The van der Waals surface area contributed by atoms with Crippen molar-refractivity contribution >= 4 is 22.9 Å². The van der Waals surface area contributed by atoms with Crippen LogP contribution >= 0.6 is 22.9 Å². The predicted molar refractivity (Wildman–Crippen MR) is 67.8 cm³/mol. The molecule has 0 amide bonds. The standard InChI is InChI=1S/C13H13ClS/c1-2-10-3-5-11(6-4-10)13(14)12-7-8-15-9-12/h3-9,13H,2H2,1H3. The van der Waals surface area contributed by atoms with Crippen molar-refractivity contribution in [2.24, 2.45) is 0 Å². The van der Waals surface area contributed by atoms with Gasteiger partial charge in [-0.25, -0.2) is 0 Å². The average molecular weight is 237 g/mol. The zero-order chi connectivity index (χ0) is 10.7. The molecule has 1 unspecified atom stereocenters. The van der Waals surface area contributed by atoms with Gasteiger partial charge in [-0.2, -0.15) is 11.3 Å². The van der Waals surface area contributed by atoms with Crippen LogP contribution < -0.4 is 0 Å². The van der Waals surface area contributed by atoms with Gasteiger partial charge < -0.3 is 0 Å². The Labute approximate surface area is 99.5 Å². The van der Waals surface area contributed by atoms with Gasteiger partial charge in [-0.1, -0.05) is 31.2 Å². The molecular formula is C13H13ClS. The third-order valence-corrected chi connectivity index (χ3v) is 3.72. The minimum absolute atomic E-state index is 0.0119. The third kappa shape index (κ3) is 2.42. The molecule has 0 spiro atoms. The van der Waals surface area contributed by atoms with Crippen LogP contribution in [0.25, 0.3) is 0 Å². The summed E-state index contributed by atoms with van der Waals surface area (Å²) < 4.78 is 0. The predicted octanol–water partition coefficient (Wildman–Crippen LogP) is 4.64. The maximum absolute atomic E-state index is 6.38. The molecule has 2 heteroatoms. The first-order valence-corrected chi connectivity index (χ1v) is 6.44. The van der Waals surface area contributed by atoms with Crippen molar-refractivity contribution in [2.45, 2.75) is 18.7 Å². The van der Waals surface area contributed by atoms with Gasteiger partial charge in [0.05, 0.1) is 5.38 Å². The van der Waals surface area contributed by atoms with Crippen LogP contribution in [0.1, 0.15) is 29.0 Å². The monoisotopic (exact) mass is 236 g/mol. The van der Waals surface area contributed by atoms with Gasteiger partial charge in [0.25, 0.3) is 0 Å². The van der Waals surface area contributed by atoms with Crippen LogP contribution in [-0.2, 0) is 6.42 Å². The number of thiophene rings is 1. The van der Waals surface area contributed by atoms with Crippen LogP contribution in [0.4, 0.5) is 0 Å². The number of hydrogen-bond donors (Lipinski definition) is 0. The zero-order valence-electron chi connectivity index (χ0n) is 8.61.